The summed E-state index contributed by atoms with van der Waals surface area (Å²) in [7, 11) is 0. The summed E-state index contributed by atoms with van der Waals surface area (Å²) in [5.74, 6) is 0. The zero-order chi connectivity index (χ0) is 12.8. The third-order valence-corrected chi connectivity index (χ3v) is 4.78. The van der Waals surface area contributed by atoms with E-state index in [0.717, 1.165) is 0 Å². The van der Waals surface area contributed by atoms with E-state index < -0.39 is 0 Å². The minimum Gasteiger partial charge on any atom is -0.0617 e. The van der Waals surface area contributed by atoms with E-state index in [2.05, 4.69) is 65.8 Å². The number of benzene rings is 1. The normalized spacial score (nSPS) is 19.2. The highest BCUT2D eigenvalue weighted by Crippen LogP contribution is 2.48. The van der Waals surface area contributed by atoms with E-state index in [1.54, 1.807) is 0 Å². The fraction of sp³-hybridized carbons (Fsp3) is 0.412. The molecule has 0 radical (unpaired) electrons. The fourth-order valence-corrected chi connectivity index (χ4v) is 2.98. The first kappa shape index (κ1) is 12.2. The van der Waals surface area contributed by atoms with Crippen LogP contribution in [0.3, 0.4) is 0 Å². The Morgan fingerprint density at radius 1 is 0.824 bits per heavy atom. The Morgan fingerprint density at radius 3 is 1.82 bits per heavy atom. The SMILES string of the molecule is CC1=C(C)C(C)(c2cccc(C)c2)C(C)=C1C. The van der Waals surface area contributed by atoms with Gasteiger partial charge in [0.05, 0.1) is 0 Å². The average Bonchev–Trinajstić information content (AvgIpc) is 2.46. The molecule has 90 valence electrons. The van der Waals surface area contributed by atoms with Gasteiger partial charge in [-0.25, -0.2) is 0 Å². The smallest absolute Gasteiger partial charge is 0.0348 e. The molecule has 1 aromatic carbocycles. The van der Waals surface area contributed by atoms with E-state index in [9.17, 15) is 0 Å². The fourth-order valence-electron chi connectivity index (χ4n) is 2.98. The second kappa shape index (κ2) is 3.87. The summed E-state index contributed by atoms with van der Waals surface area (Å²) in [5.41, 5.74) is 8.78. The molecule has 0 bridgehead atoms. The molecule has 2 rings (SSSR count). The molecule has 0 unspecified atom stereocenters. The van der Waals surface area contributed by atoms with Crippen LogP contribution in [0.1, 0.15) is 45.7 Å². The van der Waals surface area contributed by atoms with Gasteiger partial charge in [0.15, 0.2) is 0 Å². The van der Waals surface area contributed by atoms with Crippen molar-refractivity contribution >= 4 is 0 Å². The molecule has 0 heterocycles. The van der Waals surface area contributed by atoms with Crippen LogP contribution in [-0.4, -0.2) is 0 Å². The second-order valence-electron chi connectivity index (χ2n) is 5.49. The summed E-state index contributed by atoms with van der Waals surface area (Å²) in [5, 5.41) is 0. The van der Waals surface area contributed by atoms with Gasteiger partial charge in [0, 0.05) is 5.41 Å². The minimum absolute atomic E-state index is 0.0974. The van der Waals surface area contributed by atoms with Gasteiger partial charge in [-0.05, 0) is 58.3 Å². The maximum atomic E-state index is 2.35. The molecular formula is C17H22. The van der Waals surface area contributed by atoms with Crippen molar-refractivity contribution in [2.24, 2.45) is 0 Å². The van der Waals surface area contributed by atoms with Crippen LogP contribution < -0.4 is 0 Å². The highest BCUT2D eigenvalue weighted by atomic mass is 14.4. The number of hydrogen-bond donors (Lipinski definition) is 0. The predicted octanol–water partition coefficient (Wildman–Crippen LogP) is 4.94. The molecule has 0 nitrogen and oxygen atoms in total. The lowest BCUT2D eigenvalue weighted by Gasteiger charge is -2.30. The largest absolute Gasteiger partial charge is 0.0617 e. The number of hydrogen-bond acceptors (Lipinski definition) is 0. The van der Waals surface area contributed by atoms with Gasteiger partial charge < -0.3 is 0 Å². The first-order chi connectivity index (χ1) is 7.89. The van der Waals surface area contributed by atoms with Crippen LogP contribution >= 0.6 is 0 Å². The maximum Gasteiger partial charge on any atom is 0.0348 e. The Morgan fingerprint density at radius 2 is 1.35 bits per heavy atom. The summed E-state index contributed by atoms with van der Waals surface area (Å²) in [4.78, 5) is 0. The highest BCUT2D eigenvalue weighted by Gasteiger charge is 2.37. The van der Waals surface area contributed by atoms with Crippen molar-refractivity contribution in [3.8, 4) is 0 Å². The van der Waals surface area contributed by atoms with Crippen LogP contribution in [-0.2, 0) is 5.41 Å². The zero-order valence-electron chi connectivity index (χ0n) is 11.8. The first-order valence-electron chi connectivity index (χ1n) is 6.32. The van der Waals surface area contributed by atoms with Crippen LogP contribution in [0.2, 0.25) is 0 Å². The molecule has 0 heteroatoms. The molecule has 0 aromatic heterocycles. The Hall–Kier alpha value is -1.30. The van der Waals surface area contributed by atoms with Crippen LogP contribution in [0, 0.1) is 6.92 Å². The van der Waals surface area contributed by atoms with Crippen molar-refractivity contribution in [1.82, 2.24) is 0 Å². The van der Waals surface area contributed by atoms with E-state index in [4.69, 9.17) is 0 Å². The second-order valence-corrected chi connectivity index (χ2v) is 5.49. The molecule has 1 aliphatic rings. The summed E-state index contributed by atoms with van der Waals surface area (Å²) in [6.45, 7) is 13.6. The van der Waals surface area contributed by atoms with E-state index in [1.807, 2.05) is 0 Å². The van der Waals surface area contributed by atoms with Gasteiger partial charge >= 0.3 is 0 Å². The monoisotopic (exact) mass is 226 g/mol. The maximum absolute atomic E-state index is 2.35. The van der Waals surface area contributed by atoms with Crippen molar-refractivity contribution in [2.45, 2.75) is 47.0 Å². The molecule has 0 saturated carbocycles. The molecule has 0 fully saturated rings. The van der Waals surface area contributed by atoms with Gasteiger partial charge in [0.2, 0.25) is 0 Å². The van der Waals surface area contributed by atoms with E-state index >= 15 is 0 Å². The lowest BCUT2D eigenvalue weighted by molar-refractivity contribution is 0.666. The molecule has 1 aromatic rings. The third kappa shape index (κ3) is 1.58. The van der Waals surface area contributed by atoms with Gasteiger partial charge in [-0.2, -0.15) is 0 Å². The third-order valence-electron chi connectivity index (χ3n) is 4.78. The van der Waals surface area contributed by atoms with E-state index in [0.29, 0.717) is 0 Å². The summed E-state index contributed by atoms with van der Waals surface area (Å²) >= 11 is 0. The molecule has 0 spiro atoms. The van der Waals surface area contributed by atoms with Crippen LogP contribution in [0.15, 0.2) is 46.6 Å². The van der Waals surface area contributed by atoms with E-state index in [-0.39, 0.29) is 5.41 Å². The average molecular weight is 226 g/mol. The van der Waals surface area contributed by atoms with Gasteiger partial charge in [0.1, 0.15) is 0 Å². The summed E-state index contributed by atoms with van der Waals surface area (Å²) in [6, 6.07) is 8.91. The zero-order valence-corrected chi connectivity index (χ0v) is 11.8. The van der Waals surface area contributed by atoms with Crippen LogP contribution in [0.4, 0.5) is 0 Å². The van der Waals surface area contributed by atoms with Crippen molar-refractivity contribution in [3.05, 3.63) is 57.7 Å². The highest BCUT2D eigenvalue weighted by molar-refractivity contribution is 5.58. The summed E-state index contributed by atoms with van der Waals surface area (Å²) in [6.07, 6.45) is 0. The quantitative estimate of drug-likeness (QED) is 0.636. The van der Waals surface area contributed by atoms with Gasteiger partial charge in [-0.3, -0.25) is 0 Å². The molecule has 0 saturated heterocycles. The molecule has 0 amide bonds. The van der Waals surface area contributed by atoms with Crippen LogP contribution in [0.25, 0.3) is 0 Å². The van der Waals surface area contributed by atoms with Gasteiger partial charge in [0.25, 0.3) is 0 Å². The molecule has 17 heavy (non-hydrogen) atoms. The molecule has 0 aliphatic heterocycles. The lowest BCUT2D eigenvalue weighted by Crippen LogP contribution is -2.23. The Labute approximate surface area is 105 Å². The van der Waals surface area contributed by atoms with Gasteiger partial charge in [-0.15, -0.1) is 0 Å². The Kier molecular flexibility index (Phi) is 2.77. The van der Waals surface area contributed by atoms with Crippen molar-refractivity contribution in [2.75, 3.05) is 0 Å². The number of allylic oxidation sites excluding steroid dienone is 4. The molecule has 0 atom stereocenters. The minimum atomic E-state index is 0.0974. The van der Waals surface area contributed by atoms with Crippen molar-refractivity contribution < 1.29 is 0 Å². The Bertz CT molecular complexity index is 503. The predicted molar refractivity (Wildman–Crippen MR) is 75.3 cm³/mol. The molecule has 0 N–H and O–H groups in total. The van der Waals surface area contributed by atoms with E-state index in [1.165, 1.54) is 33.4 Å². The Balaban J connectivity index is 2.66. The first-order valence-corrected chi connectivity index (χ1v) is 6.32. The summed E-state index contributed by atoms with van der Waals surface area (Å²) < 4.78 is 0. The number of aryl methyl sites for hydroxylation is 1. The van der Waals surface area contributed by atoms with Crippen LogP contribution in [0.5, 0.6) is 0 Å². The lowest BCUT2D eigenvalue weighted by atomic mass is 9.73. The van der Waals surface area contributed by atoms with Crippen molar-refractivity contribution in [3.63, 3.8) is 0 Å². The standard InChI is InChI=1S/C17H22/c1-11-8-7-9-16(10-11)17(6)14(4)12(2)13(3)15(17)5/h7-10H,1-6H3. The van der Waals surface area contributed by atoms with Gasteiger partial charge in [-0.1, -0.05) is 41.0 Å². The van der Waals surface area contributed by atoms with Crippen molar-refractivity contribution in [1.29, 1.82) is 0 Å². The topological polar surface area (TPSA) is 0 Å². The molecule has 1 aliphatic carbocycles. The number of rotatable bonds is 1. The molecular weight excluding hydrogens is 204 g/mol.